The van der Waals surface area contributed by atoms with Crippen molar-refractivity contribution in [3.8, 4) is 0 Å². The highest BCUT2D eigenvalue weighted by atomic mass is 16.5. The molecule has 10 nitrogen and oxygen atoms in total. The van der Waals surface area contributed by atoms with Crippen LogP contribution in [0.1, 0.15) is 74.1 Å². The maximum absolute atomic E-state index is 13.9. The molecule has 0 aromatic carbocycles. The Labute approximate surface area is 242 Å². The quantitative estimate of drug-likeness (QED) is 0.259. The molecule has 0 aromatic rings. The van der Waals surface area contributed by atoms with E-state index in [0.717, 1.165) is 25.5 Å². The topological polar surface area (TPSA) is 117 Å². The Balaban J connectivity index is 3.22. The lowest BCUT2D eigenvalue weighted by Crippen LogP contribution is -2.59. The second-order valence-corrected chi connectivity index (χ2v) is 12.0. The molecule has 0 spiro atoms. The first-order valence-electron chi connectivity index (χ1n) is 14.9. The van der Waals surface area contributed by atoms with E-state index in [1.807, 2.05) is 46.4 Å². The normalized spacial score (nSPS) is 20.9. The van der Waals surface area contributed by atoms with Gasteiger partial charge in [0.05, 0.1) is 36.8 Å². The average Bonchev–Trinajstić information content (AvgIpc) is 3.40. The van der Waals surface area contributed by atoms with Crippen molar-refractivity contribution < 1.29 is 28.7 Å². The summed E-state index contributed by atoms with van der Waals surface area (Å²) in [6.45, 7) is 14.2. The van der Waals surface area contributed by atoms with Crippen LogP contribution >= 0.6 is 0 Å². The van der Waals surface area contributed by atoms with Gasteiger partial charge in [-0.1, -0.05) is 54.9 Å². The summed E-state index contributed by atoms with van der Waals surface area (Å²) in [6, 6.07) is -1.70. The lowest BCUT2D eigenvalue weighted by Gasteiger charge is -2.41. The minimum atomic E-state index is -0.720. The Morgan fingerprint density at radius 3 is 2.08 bits per heavy atom. The maximum Gasteiger partial charge on any atom is 0.245 e. The molecule has 0 radical (unpaired) electrons. The first-order chi connectivity index (χ1) is 18.8. The second kappa shape index (κ2) is 17.0. The maximum atomic E-state index is 13.9. The number of carbonyl (C=O) groups excluding carboxylic acids is 4. The molecule has 1 fully saturated rings. The van der Waals surface area contributed by atoms with Gasteiger partial charge in [-0.25, -0.2) is 0 Å². The minimum Gasteiger partial charge on any atom is -0.379 e. The fourth-order valence-electron chi connectivity index (χ4n) is 6.01. The van der Waals surface area contributed by atoms with Gasteiger partial charge in [-0.15, -0.1) is 0 Å². The van der Waals surface area contributed by atoms with Gasteiger partial charge in [0, 0.05) is 33.7 Å². The molecule has 0 saturated carbocycles. The van der Waals surface area contributed by atoms with Gasteiger partial charge >= 0.3 is 0 Å². The van der Waals surface area contributed by atoms with Crippen LogP contribution in [0.2, 0.25) is 0 Å². The number of amides is 3. The van der Waals surface area contributed by atoms with Crippen LogP contribution in [0.3, 0.4) is 0 Å². The Bertz CT molecular complexity index is 822. The number of likely N-dealkylation sites (tertiary alicyclic amines) is 1. The SMILES string of the molecule is CCC(C)[C@@H]([C@@H](CC(=O)N1CCC[C@H]1[C@H](OC)[C@@H](C)C=O)OC)N(C)C(=O)[C@@H](NC(=O)[C@@H](NC)C(C)C)C(C)C. The van der Waals surface area contributed by atoms with Gasteiger partial charge in [-0.2, -0.15) is 0 Å². The summed E-state index contributed by atoms with van der Waals surface area (Å²) in [5, 5.41) is 6.01. The fraction of sp³-hybridized carbons (Fsp3) is 0.867. The zero-order chi connectivity index (χ0) is 30.7. The molecule has 1 aliphatic heterocycles. The van der Waals surface area contributed by atoms with Crippen LogP contribution in [0, 0.1) is 23.7 Å². The van der Waals surface area contributed by atoms with E-state index in [-0.39, 0.29) is 66.0 Å². The molecule has 1 aliphatic rings. The van der Waals surface area contributed by atoms with Crippen LogP contribution in [0.15, 0.2) is 0 Å². The summed E-state index contributed by atoms with van der Waals surface area (Å²) in [7, 11) is 6.62. The summed E-state index contributed by atoms with van der Waals surface area (Å²) in [4.78, 5) is 55.6. The standard InChI is InChI=1S/C30H56N4O6/c1-12-20(6)27(33(9)30(38)26(19(4)5)32-29(37)25(31-8)18(2)3)23(39-10)16-24(36)34-15-13-14-22(34)28(40-11)21(7)17-35/h17-23,25-28,31H,12-16H2,1-11H3,(H,32,37)/t20?,21-,22-,23+,25-,26-,27-,28+/m0/s1. The molecular formula is C30H56N4O6. The summed E-state index contributed by atoms with van der Waals surface area (Å²) in [6.07, 6.45) is 2.43. The van der Waals surface area contributed by atoms with Crippen molar-refractivity contribution in [1.29, 1.82) is 0 Å². The van der Waals surface area contributed by atoms with Crippen LogP contribution in [-0.2, 0) is 28.7 Å². The second-order valence-electron chi connectivity index (χ2n) is 12.0. The minimum absolute atomic E-state index is 0.0344. The van der Waals surface area contributed by atoms with Gasteiger partial charge in [0.2, 0.25) is 17.7 Å². The van der Waals surface area contributed by atoms with Crippen molar-refractivity contribution in [2.45, 2.75) is 111 Å². The van der Waals surface area contributed by atoms with E-state index in [2.05, 4.69) is 17.6 Å². The highest BCUT2D eigenvalue weighted by Crippen LogP contribution is 2.29. The van der Waals surface area contributed by atoms with Crippen LogP contribution in [-0.4, -0.2) is 105 Å². The number of hydrogen-bond acceptors (Lipinski definition) is 7. The van der Waals surface area contributed by atoms with Gasteiger partial charge in [-0.3, -0.25) is 14.4 Å². The third-order valence-electron chi connectivity index (χ3n) is 8.58. The van der Waals surface area contributed by atoms with Gasteiger partial charge in [0.1, 0.15) is 12.3 Å². The fourth-order valence-corrected chi connectivity index (χ4v) is 6.01. The van der Waals surface area contributed by atoms with E-state index in [9.17, 15) is 19.2 Å². The number of rotatable bonds is 17. The molecule has 232 valence electrons. The molecule has 1 heterocycles. The Morgan fingerprint density at radius 1 is 1.02 bits per heavy atom. The first kappa shape index (κ1) is 36.0. The van der Waals surface area contributed by atoms with Crippen molar-refractivity contribution in [3.63, 3.8) is 0 Å². The van der Waals surface area contributed by atoms with E-state index < -0.39 is 18.2 Å². The number of ether oxygens (including phenoxy) is 2. The van der Waals surface area contributed by atoms with E-state index in [4.69, 9.17) is 9.47 Å². The number of methoxy groups -OCH3 is 2. The van der Waals surface area contributed by atoms with Crippen molar-refractivity contribution >= 4 is 24.0 Å². The molecule has 8 atom stereocenters. The number of carbonyl (C=O) groups is 4. The van der Waals surface area contributed by atoms with E-state index in [1.165, 1.54) is 0 Å². The zero-order valence-electron chi connectivity index (χ0n) is 26.7. The van der Waals surface area contributed by atoms with E-state index >= 15 is 0 Å². The molecule has 0 aliphatic carbocycles. The number of nitrogens with zero attached hydrogens (tertiary/aromatic N) is 2. The highest BCUT2D eigenvalue weighted by molar-refractivity contribution is 5.90. The summed E-state index contributed by atoms with van der Waals surface area (Å²) in [5.74, 6) is -0.879. The van der Waals surface area contributed by atoms with Gasteiger partial charge in [0.15, 0.2) is 0 Å². The van der Waals surface area contributed by atoms with Crippen molar-refractivity contribution in [3.05, 3.63) is 0 Å². The number of likely N-dealkylation sites (N-methyl/N-ethyl adjacent to an activating group) is 2. The van der Waals surface area contributed by atoms with Gasteiger partial charge in [0.25, 0.3) is 0 Å². The molecule has 1 saturated heterocycles. The molecule has 2 N–H and O–H groups in total. The van der Waals surface area contributed by atoms with E-state index in [1.54, 1.807) is 33.2 Å². The van der Waals surface area contributed by atoms with Crippen LogP contribution in [0.4, 0.5) is 0 Å². The Hall–Kier alpha value is -2.04. The van der Waals surface area contributed by atoms with Gasteiger partial charge < -0.3 is 34.7 Å². The lowest BCUT2D eigenvalue weighted by atomic mass is 9.89. The van der Waals surface area contributed by atoms with Crippen molar-refractivity contribution in [2.24, 2.45) is 23.7 Å². The molecular weight excluding hydrogens is 512 g/mol. The number of aldehydes is 1. The van der Waals surface area contributed by atoms with Gasteiger partial charge in [-0.05, 0) is 37.6 Å². The van der Waals surface area contributed by atoms with Crippen LogP contribution in [0.5, 0.6) is 0 Å². The van der Waals surface area contributed by atoms with E-state index in [0.29, 0.717) is 6.54 Å². The third kappa shape index (κ3) is 8.98. The molecule has 3 amide bonds. The molecule has 10 heteroatoms. The largest absolute Gasteiger partial charge is 0.379 e. The first-order valence-corrected chi connectivity index (χ1v) is 14.9. The number of nitrogens with one attached hydrogen (secondary N) is 2. The number of hydrogen-bond donors (Lipinski definition) is 2. The predicted molar refractivity (Wildman–Crippen MR) is 157 cm³/mol. The zero-order valence-corrected chi connectivity index (χ0v) is 26.7. The van der Waals surface area contributed by atoms with Crippen molar-refractivity contribution in [2.75, 3.05) is 34.9 Å². The molecule has 1 unspecified atom stereocenters. The smallest absolute Gasteiger partial charge is 0.245 e. The molecule has 0 bridgehead atoms. The average molecular weight is 569 g/mol. The van der Waals surface area contributed by atoms with Crippen LogP contribution < -0.4 is 10.6 Å². The highest BCUT2D eigenvalue weighted by Gasteiger charge is 2.41. The third-order valence-corrected chi connectivity index (χ3v) is 8.58. The summed E-state index contributed by atoms with van der Waals surface area (Å²) in [5.41, 5.74) is 0. The summed E-state index contributed by atoms with van der Waals surface area (Å²) < 4.78 is 11.6. The van der Waals surface area contributed by atoms with Crippen LogP contribution in [0.25, 0.3) is 0 Å². The monoisotopic (exact) mass is 568 g/mol. The lowest BCUT2D eigenvalue weighted by molar-refractivity contribution is -0.147. The van der Waals surface area contributed by atoms with Crippen molar-refractivity contribution in [1.82, 2.24) is 20.4 Å². The summed E-state index contributed by atoms with van der Waals surface area (Å²) >= 11 is 0. The Morgan fingerprint density at radius 2 is 1.62 bits per heavy atom. The molecule has 1 rings (SSSR count). The predicted octanol–water partition coefficient (Wildman–Crippen LogP) is 2.49. The Kier molecular flexibility index (Phi) is 15.3. The molecule has 40 heavy (non-hydrogen) atoms. The molecule has 0 aromatic heterocycles.